The fourth-order valence-corrected chi connectivity index (χ4v) is 2.47. The Kier molecular flexibility index (Phi) is 4.08. The second kappa shape index (κ2) is 5.60. The highest BCUT2D eigenvalue weighted by atomic mass is 14.9. The van der Waals surface area contributed by atoms with Crippen molar-refractivity contribution in [2.24, 2.45) is 0 Å². The van der Waals surface area contributed by atoms with E-state index in [4.69, 9.17) is 4.98 Å². The lowest BCUT2D eigenvalue weighted by Crippen LogP contribution is -2.06. The molecule has 2 heteroatoms. The molecule has 19 heavy (non-hydrogen) atoms. The fourth-order valence-electron chi connectivity index (χ4n) is 2.47. The van der Waals surface area contributed by atoms with E-state index in [1.54, 1.807) is 0 Å². The Morgan fingerprint density at radius 3 is 2.58 bits per heavy atom. The maximum Gasteiger partial charge on any atom is 0.0760 e. The van der Waals surface area contributed by atoms with Crippen molar-refractivity contribution in [3.8, 4) is 0 Å². The standard InChI is InChI=1S/C17H24N2/c1-6-10-18-16-12(4)13(5)19-17-14(11(2)3)8-7-9-15(16)17/h7-9,11H,6,10H2,1-5H3,(H,18,19). The van der Waals surface area contributed by atoms with Crippen LogP contribution in [0.5, 0.6) is 0 Å². The highest BCUT2D eigenvalue weighted by Crippen LogP contribution is 2.32. The Morgan fingerprint density at radius 2 is 1.95 bits per heavy atom. The maximum absolute atomic E-state index is 4.83. The summed E-state index contributed by atoms with van der Waals surface area (Å²) in [6.07, 6.45) is 1.13. The Bertz CT molecular complexity index is 585. The lowest BCUT2D eigenvalue weighted by atomic mass is 9.97. The SMILES string of the molecule is CCCNc1c(C)c(C)nc2c(C(C)C)cccc12. The molecule has 0 aliphatic carbocycles. The number of hydrogen-bond acceptors (Lipinski definition) is 2. The van der Waals surface area contributed by atoms with E-state index < -0.39 is 0 Å². The minimum absolute atomic E-state index is 0.498. The van der Waals surface area contributed by atoms with Crippen molar-refractivity contribution < 1.29 is 0 Å². The molecule has 0 unspecified atom stereocenters. The van der Waals surface area contributed by atoms with E-state index >= 15 is 0 Å². The van der Waals surface area contributed by atoms with Gasteiger partial charge >= 0.3 is 0 Å². The van der Waals surface area contributed by atoms with Crippen LogP contribution in [-0.2, 0) is 0 Å². The molecule has 0 atom stereocenters. The molecule has 0 spiro atoms. The lowest BCUT2D eigenvalue weighted by molar-refractivity contribution is 0.871. The van der Waals surface area contributed by atoms with E-state index in [9.17, 15) is 0 Å². The number of nitrogens with one attached hydrogen (secondary N) is 1. The largest absolute Gasteiger partial charge is 0.384 e. The first-order valence-corrected chi connectivity index (χ1v) is 7.20. The zero-order valence-corrected chi connectivity index (χ0v) is 12.7. The number of rotatable bonds is 4. The smallest absolute Gasteiger partial charge is 0.0760 e. The van der Waals surface area contributed by atoms with E-state index in [0.29, 0.717) is 5.92 Å². The van der Waals surface area contributed by atoms with Crippen LogP contribution in [-0.4, -0.2) is 11.5 Å². The highest BCUT2D eigenvalue weighted by molar-refractivity contribution is 5.95. The van der Waals surface area contributed by atoms with Gasteiger partial charge in [-0.05, 0) is 37.3 Å². The minimum Gasteiger partial charge on any atom is -0.384 e. The van der Waals surface area contributed by atoms with Gasteiger partial charge in [0.1, 0.15) is 0 Å². The Labute approximate surface area is 116 Å². The molecule has 1 aromatic carbocycles. The van der Waals surface area contributed by atoms with Crippen LogP contribution in [0.15, 0.2) is 18.2 Å². The number of hydrogen-bond donors (Lipinski definition) is 1. The second-order valence-corrected chi connectivity index (χ2v) is 5.52. The zero-order chi connectivity index (χ0) is 14.0. The van der Waals surface area contributed by atoms with Gasteiger partial charge in [-0.2, -0.15) is 0 Å². The molecule has 0 saturated carbocycles. The molecule has 0 amide bonds. The Morgan fingerprint density at radius 1 is 1.21 bits per heavy atom. The van der Waals surface area contributed by atoms with Crippen molar-refractivity contribution >= 4 is 16.6 Å². The van der Waals surface area contributed by atoms with Gasteiger partial charge in [-0.3, -0.25) is 4.98 Å². The van der Waals surface area contributed by atoms with Crippen LogP contribution < -0.4 is 5.32 Å². The van der Waals surface area contributed by atoms with Gasteiger partial charge in [0.25, 0.3) is 0 Å². The van der Waals surface area contributed by atoms with Crippen molar-refractivity contribution in [3.05, 3.63) is 35.0 Å². The average Bonchev–Trinajstić information content (AvgIpc) is 2.38. The predicted molar refractivity (Wildman–Crippen MR) is 84.1 cm³/mol. The van der Waals surface area contributed by atoms with Gasteiger partial charge in [-0.25, -0.2) is 0 Å². The van der Waals surface area contributed by atoms with Crippen LogP contribution in [0.1, 0.15) is 49.9 Å². The van der Waals surface area contributed by atoms with Crippen LogP contribution in [0.3, 0.4) is 0 Å². The summed E-state index contributed by atoms with van der Waals surface area (Å²) >= 11 is 0. The number of pyridine rings is 1. The number of nitrogens with zero attached hydrogens (tertiary/aromatic N) is 1. The topological polar surface area (TPSA) is 24.9 Å². The summed E-state index contributed by atoms with van der Waals surface area (Å²) in [6.45, 7) is 11.9. The first-order valence-electron chi connectivity index (χ1n) is 7.20. The zero-order valence-electron chi connectivity index (χ0n) is 12.7. The van der Waals surface area contributed by atoms with Crippen molar-refractivity contribution in [2.45, 2.75) is 47.0 Å². The summed E-state index contributed by atoms with van der Waals surface area (Å²) in [7, 11) is 0. The molecule has 0 aliphatic heterocycles. The summed E-state index contributed by atoms with van der Waals surface area (Å²) in [5.41, 5.74) is 6.13. The molecule has 1 N–H and O–H groups in total. The van der Waals surface area contributed by atoms with E-state index in [1.165, 1.54) is 22.2 Å². The monoisotopic (exact) mass is 256 g/mol. The van der Waals surface area contributed by atoms with E-state index in [1.807, 2.05) is 0 Å². The average molecular weight is 256 g/mol. The molecule has 0 aliphatic rings. The normalized spacial score (nSPS) is 11.3. The van der Waals surface area contributed by atoms with Gasteiger partial charge in [0.15, 0.2) is 0 Å². The van der Waals surface area contributed by atoms with Crippen LogP contribution in [0.2, 0.25) is 0 Å². The number of aromatic nitrogens is 1. The maximum atomic E-state index is 4.83. The third kappa shape index (κ3) is 2.58. The van der Waals surface area contributed by atoms with Crippen LogP contribution in [0.4, 0.5) is 5.69 Å². The highest BCUT2D eigenvalue weighted by Gasteiger charge is 2.13. The first-order chi connectivity index (χ1) is 9.06. The molecule has 0 saturated heterocycles. The van der Waals surface area contributed by atoms with Gasteiger partial charge in [0, 0.05) is 23.3 Å². The molecule has 1 heterocycles. The predicted octanol–water partition coefficient (Wildman–Crippen LogP) is 4.80. The number of para-hydroxylation sites is 1. The third-order valence-corrected chi connectivity index (χ3v) is 3.71. The summed E-state index contributed by atoms with van der Waals surface area (Å²) in [6, 6.07) is 6.52. The summed E-state index contributed by atoms with van der Waals surface area (Å²) in [4.78, 5) is 4.83. The van der Waals surface area contributed by atoms with Gasteiger partial charge < -0.3 is 5.32 Å². The molecule has 0 fully saturated rings. The number of aryl methyl sites for hydroxylation is 1. The summed E-state index contributed by atoms with van der Waals surface area (Å²) < 4.78 is 0. The number of anilines is 1. The molecule has 2 aromatic rings. The first kappa shape index (κ1) is 13.9. The van der Waals surface area contributed by atoms with E-state index in [-0.39, 0.29) is 0 Å². The van der Waals surface area contributed by atoms with Crippen molar-refractivity contribution in [1.29, 1.82) is 0 Å². The van der Waals surface area contributed by atoms with Gasteiger partial charge in [-0.1, -0.05) is 39.0 Å². The van der Waals surface area contributed by atoms with Gasteiger partial charge in [-0.15, -0.1) is 0 Å². The number of benzene rings is 1. The fraction of sp³-hybridized carbons (Fsp3) is 0.471. The van der Waals surface area contributed by atoms with E-state index in [0.717, 1.165) is 24.2 Å². The summed E-state index contributed by atoms with van der Waals surface area (Å²) in [5, 5.41) is 4.83. The lowest BCUT2D eigenvalue weighted by Gasteiger charge is -2.17. The molecule has 102 valence electrons. The molecular formula is C17H24N2. The van der Waals surface area contributed by atoms with Crippen molar-refractivity contribution in [1.82, 2.24) is 4.98 Å². The molecule has 1 aromatic heterocycles. The molecule has 0 radical (unpaired) electrons. The number of fused-ring (bicyclic) bond motifs is 1. The second-order valence-electron chi connectivity index (χ2n) is 5.52. The third-order valence-electron chi connectivity index (χ3n) is 3.71. The van der Waals surface area contributed by atoms with Gasteiger partial charge in [0.2, 0.25) is 0 Å². The molecule has 2 rings (SSSR count). The van der Waals surface area contributed by atoms with Crippen LogP contribution >= 0.6 is 0 Å². The van der Waals surface area contributed by atoms with Crippen LogP contribution in [0, 0.1) is 13.8 Å². The van der Waals surface area contributed by atoms with Crippen molar-refractivity contribution in [3.63, 3.8) is 0 Å². The minimum atomic E-state index is 0.498. The van der Waals surface area contributed by atoms with Gasteiger partial charge in [0.05, 0.1) is 5.52 Å². The molecule has 2 nitrogen and oxygen atoms in total. The summed E-state index contributed by atoms with van der Waals surface area (Å²) in [5.74, 6) is 0.498. The quantitative estimate of drug-likeness (QED) is 0.850. The van der Waals surface area contributed by atoms with Crippen molar-refractivity contribution in [2.75, 3.05) is 11.9 Å². The Balaban J connectivity index is 2.71. The Hall–Kier alpha value is -1.57. The van der Waals surface area contributed by atoms with E-state index in [2.05, 4.69) is 58.1 Å². The molecule has 0 bridgehead atoms. The molecular weight excluding hydrogens is 232 g/mol. The van der Waals surface area contributed by atoms with Crippen LogP contribution in [0.25, 0.3) is 10.9 Å².